The van der Waals surface area contributed by atoms with E-state index in [9.17, 15) is 4.79 Å². The molecule has 0 saturated carbocycles. The summed E-state index contributed by atoms with van der Waals surface area (Å²) in [6, 6.07) is 15.1. The van der Waals surface area contributed by atoms with Gasteiger partial charge in [0.2, 0.25) is 5.95 Å². The maximum Gasteiger partial charge on any atom is 0.257 e. The fourth-order valence-corrected chi connectivity index (χ4v) is 3.37. The number of aromatic amines is 1. The van der Waals surface area contributed by atoms with Crippen molar-refractivity contribution in [3.63, 3.8) is 0 Å². The van der Waals surface area contributed by atoms with Crippen LogP contribution in [0.4, 0.5) is 11.6 Å². The van der Waals surface area contributed by atoms with Crippen LogP contribution in [0.5, 0.6) is 0 Å². The van der Waals surface area contributed by atoms with Crippen molar-refractivity contribution in [2.75, 3.05) is 36.4 Å². The van der Waals surface area contributed by atoms with Crippen LogP contribution in [0.1, 0.15) is 10.4 Å². The van der Waals surface area contributed by atoms with Gasteiger partial charge >= 0.3 is 0 Å². The Morgan fingerprint density at radius 1 is 1.07 bits per heavy atom. The molecule has 27 heavy (non-hydrogen) atoms. The largest absolute Gasteiger partial charge is 0.369 e. The van der Waals surface area contributed by atoms with Crippen molar-refractivity contribution >= 4 is 29.1 Å². The van der Waals surface area contributed by atoms with E-state index in [2.05, 4.69) is 25.5 Å². The summed E-state index contributed by atoms with van der Waals surface area (Å²) in [7, 11) is 0. The molecule has 1 aliphatic heterocycles. The van der Waals surface area contributed by atoms with E-state index in [-0.39, 0.29) is 5.91 Å². The Kier molecular flexibility index (Phi) is 5.09. The second-order valence-corrected chi connectivity index (χ2v) is 6.77. The molecule has 3 N–H and O–H groups in total. The number of hydrogen-bond acceptors (Lipinski definition) is 4. The van der Waals surface area contributed by atoms with Crippen LogP contribution in [0.2, 0.25) is 5.02 Å². The molecule has 0 bridgehead atoms. The predicted molar refractivity (Wildman–Crippen MR) is 109 cm³/mol. The minimum Gasteiger partial charge on any atom is -0.369 e. The molecule has 0 unspecified atom stereocenters. The van der Waals surface area contributed by atoms with Crippen molar-refractivity contribution in [3.05, 3.63) is 65.3 Å². The summed E-state index contributed by atoms with van der Waals surface area (Å²) < 4.78 is 0. The Morgan fingerprint density at radius 2 is 1.81 bits per heavy atom. The fourth-order valence-electron chi connectivity index (χ4n) is 3.13. The van der Waals surface area contributed by atoms with E-state index in [4.69, 9.17) is 11.6 Å². The molecule has 2 heterocycles. The van der Waals surface area contributed by atoms with Gasteiger partial charge in [-0.25, -0.2) is 4.98 Å². The number of rotatable bonds is 4. The van der Waals surface area contributed by atoms with Gasteiger partial charge in [0.15, 0.2) is 0 Å². The van der Waals surface area contributed by atoms with Crippen molar-refractivity contribution in [1.29, 1.82) is 0 Å². The maximum absolute atomic E-state index is 12.5. The summed E-state index contributed by atoms with van der Waals surface area (Å²) in [6.45, 7) is 3.91. The minimum absolute atomic E-state index is 0.207. The van der Waals surface area contributed by atoms with Crippen molar-refractivity contribution in [2.24, 2.45) is 0 Å². The molecule has 1 fully saturated rings. The maximum atomic E-state index is 12.5. The van der Waals surface area contributed by atoms with Crippen LogP contribution in [0.15, 0.2) is 54.7 Å². The smallest absolute Gasteiger partial charge is 0.257 e. The molecule has 7 heteroatoms. The molecule has 6 nitrogen and oxygen atoms in total. The first-order valence-corrected chi connectivity index (χ1v) is 9.25. The van der Waals surface area contributed by atoms with Crippen molar-refractivity contribution in [1.82, 2.24) is 15.3 Å². The summed E-state index contributed by atoms with van der Waals surface area (Å²) in [4.78, 5) is 22.1. The van der Waals surface area contributed by atoms with Crippen LogP contribution < -0.4 is 15.5 Å². The van der Waals surface area contributed by atoms with Gasteiger partial charge in [-0.1, -0.05) is 29.8 Å². The van der Waals surface area contributed by atoms with E-state index < -0.39 is 0 Å². The second-order valence-electron chi connectivity index (χ2n) is 6.36. The van der Waals surface area contributed by atoms with E-state index in [1.807, 2.05) is 48.5 Å². The average Bonchev–Trinajstić information content (AvgIpc) is 3.17. The lowest BCUT2D eigenvalue weighted by atomic mass is 10.1. The fraction of sp³-hybridized carbons (Fsp3) is 0.200. The number of carbonyl (C=O) groups is 1. The molecule has 0 spiro atoms. The summed E-state index contributed by atoms with van der Waals surface area (Å²) >= 11 is 6.21. The van der Waals surface area contributed by atoms with E-state index in [0.717, 1.165) is 43.1 Å². The van der Waals surface area contributed by atoms with Crippen LogP contribution >= 0.6 is 11.6 Å². The van der Waals surface area contributed by atoms with Crippen LogP contribution in [0, 0.1) is 0 Å². The van der Waals surface area contributed by atoms with Gasteiger partial charge in [-0.15, -0.1) is 0 Å². The predicted octanol–water partition coefficient (Wildman–Crippen LogP) is 3.39. The molecule has 0 radical (unpaired) electrons. The summed E-state index contributed by atoms with van der Waals surface area (Å²) in [5, 5.41) is 6.76. The molecular formula is C20H20ClN5O. The average molecular weight is 382 g/mol. The molecule has 1 saturated heterocycles. The Labute approximate surface area is 162 Å². The molecule has 138 valence electrons. The summed E-state index contributed by atoms with van der Waals surface area (Å²) in [5.41, 5.74) is 3.31. The van der Waals surface area contributed by atoms with Gasteiger partial charge in [0.25, 0.3) is 5.91 Å². The van der Waals surface area contributed by atoms with E-state index in [1.165, 1.54) is 0 Å². The number of piperazine rings is 1. The number of hydrogen-bond donors (Lipinski definition) is 3. The van der Waals surface area contributed by atoms with Gasteiger partial charge in [-0.05, 0) is 30.3 Å². The van der Waals surface area contributed by atoms with E-state index in [0.29, 0.717) is 16.5 Å². The van der Waals surface area contributed by atoms with E-state index >= 15 is 0 Å². The number of nitrogens with zero attached hydrogens (tertiary/aromatic N) is 2. The Balaban J connectivity index is 1.44. The molecule has 0 aliphatic carbocycles. The van der Waals surface area contributed by atoms with Crippen LogP contribution in [-0.2, 0) is 0 Å². The number of halogens is 1. The monoisotopic (exact) mass is 381 g/mol. The highest BCUT2D eigenvalue weighted by Gasteiger charge is 2.13. The number of imidazole rings is 1. The van der Waals surface area contributed by atoms with Crippen LogP contribution in [0.25, 0.3) is 11.3 Å². The van der Waals surface area contributed by atoms with Crippen LogP contribution in [-0.4, -0.2) is 42.1 Å². The number of carbonyl (C=O) groups excluding carboxylic acids is 1. The summed E-state index contributed by atoms with van der Waals surface area (Å²) in [5.74, 6) is 0.183. The van der Waals surface area contributed by atoms with Crippen molar-refractivity contribution in [3.8, 4) is 11.3 Å². The number of amides is 1. The highest BCUT2D eigenvalue weighted by Crippen LogP contribution is 2.26. The lowest BCUT2D eigenvalue weighted by molar-refractivity contribution is 0.102. The molecular weight excluding hydrogens is 362 g/mol. The Morgan fingerprint density at radius 3 is 2.56 bits per heavy atom. The molecule has 2 aromatic carbocycles. The molecule has 1 aliphatic rings. The zero-order valence-electron chi connectivity index (χ0n) is 14.7. The number of nitrogens with one attached hydrogen (secondary N) is 3. The lowest BCUT2D eigenvalue weighted by Crippen LogP contribution is -2.43. The van der Waals surface area contributed by atoms with Gasteiger partial charge in [0, 0.05) is 48.0 Å². The quantitative estimate of drug-likeness (QED) is 0.647. The standard InChI is InChI=1S/C20H20ClN5O/c21-17-4-2-1-3-16(17)18-13-23-20(24-18)25-19(27)14-5-7-15(8-6-14)26-11-9-22-10-12-26/h1-8,13,22H,9-12H2,(H2,23,24,25,27). The number of H-pyrrole nitrogens is 1. The zero-order valence-corrected chi connectivity index (χ0v) is 15.5. The van der Waals surface area contributed by atoms with E-state index in [1.54, 1.807) is 6.20 Å². The minimum atomic E-state index is -0.207. The third kappa shape index (κ3) is 3.97. The summed E-state index contributed by atoms with van der Waals surface area (Å²) in [6.07, 6.45) is 1.66. The zero-order chi connectivity index (χ0) is 18.6. The highest BCUT2D eigenvalue weighted by atomic mass is 35.5. The first kappa shape index (κ1) is 17.6. The Bertz CT molecular complexity index is 932. The SMILES string of the molecule is O=C(Nc1ncc(-c2ccccc2Cl)[nH]1)c1ccc(N2CCNCC2)cc1. The molecule has 4 rings (SSSR count). The number of anilines is 2. The molecule has 1 aromatic heterocycles. The van der Waals surface area contributed by atoms with Gasteiger partial charge in [0.05, 0.1) is 11.9 Å². The molecule has 1 amide bonds. The third-order valence-corrected chi connectivity index (χ3v) is 4.91. The second kappa shape index (κ2) is 7.82. The lowest BCUT2D eigenvalue weighted by Gasteiger charge is -2.29. The normalized spacial score (nSPS) is 14.2. The first-order valence-electron chi connectivity index (χ1n) is 8.88. The first-order chi connectivity index (χ1) is 13.2. The number of aromatic nitrogens is 2. The van der Waals surface area contributed by atoms with Crippen LogP contribution in [0.3, 0.4) is 0 Å². The number of benzene rings is 2. The van der Waals surface area contributed by atoms with Gasteiger partial charge in [-0.3, -0.25) is 10.1 Å². The highest BCUT2D eigenvalue weighted by molar-refractivity contribution is 6.33. The van der Waals surface area contributed by atoms with Crippen molar-refractivity contribution < 1.29 is 4.79 Å². The van der Waals surface area contributed by atoms with Crippen molar-refractivity contribution in [2.45, 2.75) is 0 Å². The van der Waals surface area contributed by atoms with Gasteiger partial charge in [-0.2, -0.15) is 0 Å². The third-order valence-electron chi connectivity index (χ3n) is 4.58. The van der Waals surface area contributed by atoms with Gasteiger partial charge < -0.3 is 15.2 Å². The molecule has 3 aromatic rings. The van der Waals surface area contributed by atoms with Gasteiger partial charge in [0.1, 0.15) is 0 Å². The topological polar surface area (TPSA) is 73.0 Å². The Hall–Kier alpha value is -2.83. The molecule has 0 atom stereocenters.